The summed E-state index contributed by atoms with van der Waals surface area (Å²) < 4.78 is 0. The van der Waals surface area contributed by atoms with Gasteiger partial charge < -0.3 is 0 Å². The Kier molecular flexibility index (Phi) is 4.17. The first-order valence-corrected chi connectivity index (χ1v) is 8.56. The van der Waals surface area contributed by atoms with E-state index in [4.69, 9.17) is 0 Å². The zero-order valence-corrected chi connectivity index (χ0v) is 13.9. The van der Waals surface area contributed by atoms with Crippen molar-refractivity contribution in [1.29, 1.82) is 0 Å². The van der Waals surface area contributed by atoms with Crippen molar-refractivity contribution >= 4 is 17.2 Å². The maximum absolute atomic E-state index is 12.6. The second-order valence-electron chi connectivity index (χ2n) is 6.12. The van der Waals surface area contributed by atoms with Crippen LogP contribution < -0.4 is 4.90 Å². The van der Waals surface area contributed by atoms with Crippen molar-refractivity contribution in [2.24, 2.45) is 0 Å². The Labute approximate surface area is 148 Å². The molecule has 1 amide bonds. The van der Waals surface area contributed by atoms with Gasteiger partial charge in [0.1, 0.15) is 0 Å². The van der Waals surface area contributed by atoms with E-state index in [-0.39, 0.29) is 5.91 Å². The van der Waals surface area contributed by atoms with Crippen molar-refractivity contribution in [2.75, 3.05) is 4.90 Å². The van der Waals surface area contributed by atoms with Gasteiger partial charge in [0.15, 0.2) is 0 Å². The maximum atomic E-state index is 12.6. The van der Waals surface area contributed by atoms with Crippen molar-refractivity contribution in [3.05, 3.63) is 108 Å². The topological polar surface area (TPSA) is 20.3 Å². The molecule has 122 valence electrons. The van der Waals surface area contributed by atoms with Crippen molar-refractivity contribution in [2.45, 2.75) is 12.8 Å². The number of hydrogen-bond donors (Lipinski definition) is 0. The van der Waals surface area contributed by atoms with Crippen LogP contribution in [0.5, 0.6) is 0 Å². The lowest BCUT2D eigenvalue weighted by atomic mass is 9.95. The Morgan fingerprint density at radius 3 is 1.64 bits per heavy atom. The van der Waals surface area contributed by atoms with E-state index in [0.717, 1.165) is 34.5 Å². The summed E-state index contributed by atoms with van der Waals surface area (Å²) in [5, 5.41) is 0. The van der Waals surface area contributed by atoms with Crippen molar-refractivity contribution in [3.8, 4) is 0 Å². The number of carbonyl (C=O) groups is 1. The Bertz CT molecular complexity index is 857. The van der Waals surface area contributed by atoms with Gasteiger partial charge in [0.25, 0.3) is 0 Å². The first kappa shape index (κ1) is 15.4. The molecule has 1 saturated heterocycles. The summed E-state index contributed by atoms with van der Waals surface area (Å²) in [6.07, 6.45) is 1.31. The molecule has 0 bridgehead atoms. The standard InChI is InChI=1S/C23H19NO/c25-22-17-16-21(24(22)20-14-8-3-9-15-20)23(18-10-4-1-5-11-18)19-12-6-2-7-13-19/h1-15H,16-17H2. The van der Waals surface area contributed by atoms with Gasteiger partial charge in [-0.05, 0) is 29.7 Å². The molecule has 0 atom stereocenters. The Hall–Kier alpha value is -3.13. The first-order chi connectivity index (χ1) is 12.3. The zero-order valence-electron chi connectivity index (χ0n) is 13.9. The maximum Gasteiger partial charge on any atom is 0.231 e. The average Bonchev–Trinajstić information content (AvgIpc) is 3.05. The number of para-hydroxylation sites is 1. The summed E-state index contributed by atoms with van der Waals surface area (Å²) in [4.78, 5) is 14.5. The predicted molar refractivity (Wildman–Crippen MR) is 102 cm³/mol. The lowest BCUT2D eigenvalue weighted by molar-refractivity contribution is -0.116. The van der Waals surface area contributed by atoms with Gasteiger partial charge in [-0.1, -0.05) is 78.9 Å². The summed E-state index contributed by atoms with van der Waals surface area (Å²) in [6, 6.07) is 30.6. The molecule has 1 fully saturated rings. The van der Waals surface area contributed by atoms with Gasteiger partial charge in [-0.25, -0.2) is 0 Å². The van der Waals surface area contributed by atoms with Gasteiger partial charge in [0, 0.05) is 23.4 Å². The normalized spacial score (nSPS) is 14.0. The van der Waals surface area contributed by atoms with E-state index in [1.165, 1.54) is 0 Å². The summed E-state index contributed by atoms with van der Waals surface area (Å²) in [7, 11) is 0. The number of carbonyl (C=O) groups excluding carboxylic acids is 1. The minimum Gasteiger partial charge on any atom is -0.284 e. The smallest absolute Gasteiger partial charge is 0.231 e. The highest BCUT2D eigenvalue weighted by atomic mass is 16.2. The van der Waals surface area contributed by atoms with Crippen molar-refractivity contribution in [3.63, 3.8) is 0 Å². The molecule has 25 heavy (non-hydrogen) atoms. The number of benzene rings is 3. The van der Waals surface area contributed by atoms with Crippen LogP contribution >= 0.6 is 0 Å². The molecular formula is C23H19NO. The highest BCUT2D eigenvalue weighted by Crippen LogP contribution is 2.37. The molecule has 1 aliphatic rings. The first-order valence-electron chi connectivity index (χ1n) is 8.56. The van der Waals surface area contributed by atoms with E-state index in [0.29, 0.717) is 6.42 Å². The summed E-state index contributed by atoms with van der Waals surface area (Å²) in [5.74, 6) is 0.158. The lowest BCUT2D eigenvalue weighted by Crippen LogP contribution is -2.23. The predicted octanol–water partition coefficient (Wildman–Crippen LogP) is 5.27. The summed E-state index contributed by atoms with van der Waals surface area (Å²) >= 11 is 0. The van der Waals surface area contributed by atoms with Gasteiger partial charge in [-0.3, -0.25) is 9.69 Å². The average molecular weight is 325 g/mol. The van der Waals surface area contributed by atoms with Gasteiger partial charge in [-0.2, -0.15) is 0 Å². The van der Waals surface area contributed by atoms with E-state index >= 15 is 0 Å². The molecule has 0 unspecified atom stereocenters. The number of allylic oxidation sites excluding steroid dienone is 1. The molecule has 0 aliphatic carbocycles. The van der Waals surface area contributed by atoms with Crippen LogP contribution in [0, 0.1) is 0 Å². The Morgan fingerprint density at radius 2 is 1.12 bits per heavy atom. The molecule has 1 aliphatic heterocycles. The van der Waals surface area contributed by atoms with Crippen molar-refractivity contribution in [1.82, 2.24) is 0 Å². The van der Waals surface area contributed by atoms with Gasteiger partial charge in [0.05, 0.1) is 0 Å². The van der Waals surface area contributed by atoms with Crippen LogP contribution in [0.25, 0.3) is 5.57 Å². The van der Waals surface area contributed by atoms with Crippen LogP contribution in [-0.2, 0) is 4.79 Å². The number of hydrogen-bond acceptors (Lipinski definition) is 1. The second-order valence-corrected chi connectivity index (χ2v) is 6.12. The van der Waals surface area contributed by atoms with E-state index < -0.39 is 0 Å². The van der Waals surface area contributed by atoms with E-state index in [9.17, 15) is 4.79 Å². The van der Waals surface area contributed by atoms with Crippen LogP contribution in [0.4, 0.5) is 5.69 Å². The second kappa shape index (κ2) is 6.78. The van der Waals surface area contributed by atoms with Gasteiger partial charge >= 0.3 is 0 Å². The monoisotopic (exact) mass is 325 g/mol. The zero-order chi connectivity index (χ0) is 17.1. The van der Waals surface area contributed by atoms with E-state index in [1.54, 1.807) is 0 Å². The number of rotatable bonds is 3. The molecule has 3 aromatic rings. The van der Waals surface area contributed by atoms with E-state index in [2.05, 4.69) is 24.3 Å². The molecule has 4 rings (SSSR count). The van der Waals surface area contributed by atoms with Gasteiger partial charge in [0.2, 0.25) is 5.91 Å². The molecule has 2 nitrogen and oxygen atoms in total. The molecule has 0 saturated carbocycles. The fourth-order valence-corrected chi connectivity index (χ4v) is 3.42. The molecule has 0 aromatic heterocycles. The van der Waals surface area contributed by atoms with Crippen LogP contribution in [0.1, 0.15) is 24.0 Å². The fourth-order valence-electron chi connectivity index (χ4n) is 3.42. The summed E-state index contributed by atoms with van der Waals surface area (Å²) in [6.45, 7) is 0. The van der Waals surface area contributed by atoms with Gasteiger partial charge in [-0.15, -0.1) is 0 Å². The lowest BCUT2D eigenvalue weighted by Gasteiger charge is -2.22. The number of amides is 1. The quantitative estimate of drug-likeness (QED) is 0.642. The highest BCUT2D eigenvalue weighted by Gasteiger charge is 2.30. The molecule has 1 heterocycles. The summed E-state index contributed by atoms with van der Waals surface area (Å²) in [5.41, 5.74) is 5.42. The van der Waals surface area contributed by atoms with Crippen LogP contribution in [0.3, 0.4) is 0 Å². The molecule has 0 spiro atoms. The SMILES string of the molecule is O=C1CCC(=C(c2ccccc2)c2ccccc2)N1c1ccccc1. The largest absolute Gasteiger partial charge is 0.284 e. The number of nitrogens with zero attached hydrogens (tertiary/aromatic N) is 1. The van der Waals surface area contributed by atoms with Crippen LogP contribution in [-0.4, -0.2) is 5.91 Å². The molecular weight excluding hydrogens is 306 g/mol. The minimum absolute atomic E-state index is 0.158. The third kappa shape index (κ3) is 2.99. The van der Waals surface area contributed by atoms with Crippen LogP contribution in [0.15, 0.2) is 96.7 Å². The minimum atomic E-state index is 0.158. The van der Waals surface area contributed by atoms with Crippen LogP contribution in [0.2, 0.25) is 0 Å². The third-order valence-electron chi connectivity index (χ3n) is 4.52. The van der Waals surface area contributed by atoms with Crippen molar-refractivity contribution < 1.29 is 4.79 Å². The highest BCUT2D eigenvalue weighted by molar-refractivity contribution is 6.03. The molecule has 0 radical (unpaired) electrons. The molecule has 2 heteroatoms. The number of anilines is 1. The van der Waals surface area contributed by atoms with E-state index in [1.807, 2.05) is 71.6 Å². The Balaban J connectivity index is 1.95. The molecule has 3 aromatic carbocycles. The molecule has 0 N–H and O–H groups in total. The Morgan fingerprint density at radius 1 is 0.640 bits per heavy atom. The third-order valence-corrected chi connectivity index (χ3v) is 4.52. The fraction of sp³-hybridized carbons (Fsp3) is 0.0870.